The SMILES string of the molecule is C/C=C/C=C\C(=O)N1CCC[C@H]1c1cccn1C. The summed E-state index contributed by atoms with van der Waals surface area (Å²) in [5.41, 5.74) is 1.22. The van der Waals surface area contributed by atoms with E-state index in [-0.39, 0.29) is 11.9 Å². The molecule has 18 heavy (non-hydrogen) atoms. The van der Waals surface area contributed by atoms with E-state index in [1.54, 1.807) is 6.08 Å². The Labute approximate surface area is 108 Å². The molecule has 2 heterocycles. The Balaban J connectivity index is 2.13. The van der Waals surface area contributed by atoms with Crippen molar-refractivity contribution in [2.45, 2.75) is 25.8 Å². The molecule has 96 valence electrons. The average Bonchev–Trinajstić information content (AvgIpc) is 2.97. The van der Waals surface area contributed by atoms with Crippen LogP contribution in [0, 0.1) is 0 Å². The van der Waals surface area contributed by atoms with Crippen LogP contribution in [0.3, 0.4) is 0 Å². The smallest absolute Gasteiger partial charge is 0.247 e. The van der Waals surface area contributed by atoms with E-state index in [9.17, 15) is 4.79 Å². The lowest BCUT2D eigenvalue weighted by atomic mass is 10.1. The number of hydrogen-bond donors (Lipinski definition) is 0. The normalized spacial score (nSPS) is 20.3. The zero-order chi connectivity index (χ0) is 13.0. The zero-order valence-corrected chi connectivity index (χ0v) is 11.0. The summed E-state index contributed by atoms with van der Waals surface area (Å²) in [5, 5.41) is 0. The lowest BCUT2D eigenvalue weighted by Crippen LogP contribution is -2.29. The minimum absolute atomic E-state index is 0.108. The number of amides is 1. The summed E-state index contributed by atoms with van der Waals surface area (Å²) >= 11 is 0. The summed E-state index contributed by atoms with van der Waals surface area (Å²) < 4.78 is 2.10. The van der Waals surface area contributed by atoms with Crippen molar-refractivity contribution in [3.05, 3.63) is 48.3 Å². The molecule has 0 saturated carbocycles. The van der Waals surface area contributed by atoms with Crippen LogP contribution in [0.4, 0.5) is 0 Å². The van der Waals surface area contributed by atoms with Crippen LogP contribution >= 0.6 is 0 Å². The van der Waals surface area contributed by atoms with Gasteiger partial charge in [0.1, 0.15) is 0 Å². The first-order valence-electron chi connectivity index (χ1n) is 6.45. The topological polar surface area (TPSA) is 25.2 Å². The van der Waals surface area contributed by atoms with Gasteiger partial charge in [-0.2, -0.15) is 0 Å². The molecule has 0 unspecified atom stereocenters. The molecule has 2 rings (SSSR count). The molecule has 1 aromatic rings. The van der Waals surface area contributed by atoms with Gasteiger partial charge in [-0.1, -0.05) is 18.2 Å². The van der Waals surface area contributed by atoms with Crippen LogP contribution < -0.4 is 0 Å². The fourth-order valence-corrected chi connectivity index (χ4v) is 2.50. The van der Waals surface area contributed by atoms with Crippen LogP contribution in [0.25, 0.3) is 0 Å². The maximum Gasteiger partial charge on any atom is 0.247 e. The molecule has 0 bridgehead atoms. The molecule has 1 aliphatic rings. The lowest BCUT2D eigenvalue weighted by Gasteiger charge is -2.24. The molecule has 1 aromatic heterocycles. The number of rotatable bonds is 3. The Morgan fingerprint density at radius 3 is 2.94 bits per heavy atom. The Bertz CT molecular complexity index is 471. The van der Waals surface area contributed by atoms with Crippen molar-refractivity contribution in [2.24, 2.45) is 7.05 Å². The second-order valence-electron chi connectivity index (χ2n) is 4.62. The highest BCUT2D eigenvalue weighted by atomic mass is 16.2. The lowest BCUT2D eigenvalue weighted by molar-refractivity contribution is -0.127. The van der Waals surface area contributed by atoms with Gasteiger partial charge < -0.3 is 9.47 Å². The number of hydrogen-bond acceptors (Lipinski definition) is 1. The molecule has 1 amide bonds. The number of nitrogens with zero attached hydrogens (tertiary/aromatic N) is 2. The van der Waals surface area contributed by atoms with Crippen molar-refractivity contribution in [1.82, 2.24) is 9.47 Å². The van der Waals surface area contributed by atoms with E-state index in [0.717, 1.165) is 19.4 Å². The first-order chi connectivity index (χ1) is 8.74. The molecule has 0 N–H and O–H groups in total. The first-order valence-corrected chi connectivity index (χ1v) is 6.45. The first kappa shape index (κ1) is 12.7. The monoisotopic (exact) mass is 244 g/mol. The van der Waals surface area contributed by atoms with Crippen LogP contribution in [-0.2, 0) is 11.8 Å². The number of allylic oxidation sites excluding steroid dienone is 3. The maximum atomic E-state index is 12.1. The van der Waals surface area contributed by atoms with E-state index >= 15 is 0 Å². The predicted molar refractivity (Wildman–Crippen MR) is 73.1 cm³/mol. The third-order valence-corrected chi connectivity index (χ3v) is 3.40. The second-order valence-corrected chi connectivity index (χ2v) is 4.62. The van der Waals surface area contributed by atoms with Gasteiger partial charge in [-0.25, -0.2) is 0 Å². The molecule has 0 aromatic carbocycles. The van der Waals surface area contributed by atoms with Gasteiger partial charge in [0.2, 0.25) is 5.91 Å². The minimum Gasteiger partial charge on any atom is -0.353 e. The number of carbonyl (C=O) groups is 1. The Hall–Kier alpha value is -1.77. The van der Waals surface area contributed by atoms with E-state index in [2.05, 4.69) is 10.6 Å². The second kappa shape index (κ2) is 5.71. The Morgan fingerprint density at radius 1 is 1.44 bits per heavy atom. The van der Waals surface area contributed by atoms with E-state index in [0.29, 0.717) is 0 Å². The van der Waals surface area contributed by atoms with Crippen LogP contribution in [0.15, 0.2) is 42.6 Å². The molecule has 0 spiro atoms. The quantitative estimate of drug-likeness (QED) is 0.593. The van der Waals surface area contributed by atoms with Crippen molar-refractivity contribution in [2.75, 3.05) is 6.54 Å². The molecular weight excluding hydrogens is 224 g/mol. The molecule has 1 saturated heterocycles. The highest BCUT2D eigenvalue weighted by Crippen LogP contribution is 2.31. The van der Waals surface area contributed by atoms with Crippen molar-refractivity contribution in [3.8, 4) is 0 Å². The molecule has 0 radical (unpaired) electrons. The van der Waals surface area contributed by atoms with Gasteiger partial charge in [0.05, 0.1) is 6.04 Å². The zero-order valence-electron chi connectivity index (χ0n) is 11.0. The molecule has 3 nitrogen and oxygen atoms in total. The Kier molecular flexibility index (Phi) is 4.03. The minimum atomic E-state index is 0.108. The van der Waals surface area contributed by atoms with Crippen molar-refractivity contribution in [1.29, 1.82) is 0 Å². The van der Waals surface area contributed by atoms with Gasteiger partial charge in [-0.3, -0.25) is 4.79 Å². The van der Waals surface area contributed by atoms with Crippen molar-refractivity contribution in [3.63, 3.8) is 0 Å². The number of likely N-dealkylation sites (tertiary alicyclic amines) is 1. The van der Waals surface area contributed by atoms with E-state index < -0.39 is 0 Å². The fraction of sp³-hybridized carbons (Fsp3) is 0.400. The molecule has 3 heteroatoms. The third kappa shape index (κ3) is 2.55. The van der Waals surface area contributed by atoms with Crippen molar-refractivity contribution >= 4 is 5.91 Å². The summed E-state index contributed by atoms with van der Waals surface area (Å²) in [5.74, 6) is 0.108. The summed E-state index contributed by atoms with van der Waals surface area (Å²) in [4.78, 5) is 14.1. The van der Waals surface area contributed by atoms with E-state index in [1.807, 2.05) is 49.4 Å². The summed E-state index contributed by atoms with van der Waals surface area (Å²) in [7, 11) is 2.03. The number of aryl methyl sites for hydroxylation is 1. The maximum absolute atomic E-state index is 12.1. The molecule has 0 aliphatic carbocycles. The standard InChI is InChI=1S/C15H20N2O/c1-3-4-5-10-15(18)17-12-7-9-14(17)13-8-6-11-16(13)2/h3-6,8,10-11,14H,7,9,12H2,1-2H3/b4-3+,10-5-/t14-/m0/s1. The number of carbonyl (C=O) groups excluding carboxylic acids is 1. The van der Waals surface area contributed by atoms with Crippen LogP contribution in [0.2, 0.25) is 0 Å². The fourth-order valence-electron chi connectivity index (χ4n) is 2.50. The van der Waals surface area contributed by atoms with E-state index in [1.165, 1.54) is 5.69 Å². The van der Waals surface area contributed by atoms with E-state index in [4.69, 9.17) is 0 Å². The molecule has 1 atom stereocenters. The highest BCUT2D eigenvalue weighted by Gasteiger charge is 2.29. The van der Waals surface area contributed by atoms with Gasteiger partial charge in [-0.15, -0.1) is 0 Å². The van der Waals surface area contributed by atoms with Crippen LogP contribution in [-0.4, -0.2) is 21.9 Å². The number of aromatic nitrogens is 1. The largest absolute Gasteiger partial charge is 0.353 e. The molecule has 1 aliphatic heterocycles. The van der Waals surface area contributed by atoms with Crippen LogP contribution in [0.5, 0.6) is 0 Å². The Morgan fingerprint density at radius 2 is 2.28 bits per heavy atom. The summed E-state index contributed by atoms with van der Waals surface area (Å²) in [6.07, 6.45) is 11.4. The van der Waals surface area contributed by atoms with Gasteiger partial charge >= 0.3 is 0 Å². The summed E-state index contributed by atoms with van der Waals surface area (Å²) in [6, 6.07) is 4.37. The predicted octanol–water partition coefficient (Wildman–Crippen LogP) is 2.82. The molecule has 1 fully saturated rings. The highest BCUT2D eigenvalue weighted by molar-refractivity contribution is 5.88. The van der Waals surface area contributed by atoms with Gasteiger partial charge in [0.15, 0.2) is 0 Å². The van der Waals surface area contributed by atoms with Gasteiger partial charge in [0, 0.05) is 31.6 Å². The van der Waals surface area contributed by atoms with Gasteiger partial charge in [0.25, 0.3) is 0 Å². The molecular formula is C15H20N2O. The van der Waals surface area contributed by atoms with Crippen LogP contribution in [0.1, 0.15) is 31.5 Å². The average molecular weight is 244 g/mol. The van der Waals surface area contributed by atoms with Crippen molar-refractivity contribution < 1.29 is 4.79 Å². The third-order valence-electron chi connectivity index (χ3n) is 3.40. The van der Waals surface area contributed by atoms with Gasteiger partial charge in [-0.05, 0) is 31.9 Å². The summed E-state index contributed by atoms with van der Waals surface area (Å²) in [6.45, 7) is 2.80.